The second-order valence-corrected chi connectivity index (χ2v) is 5.26. The molecule has 0 saturated carbocycles. The molecule has 0 bridgehead atoms. The fourth-order valence-electron chi connectivity index (χ4n) is 2.76. The summed E-state index contributed by atoms with van der Waals surface area (Å²) >= 11 is 0. The van der Waals surface area contributed by atoms with Crippen molar-refractivity contribution in [3.63, 3.8) is 0 Å². The minimum Gasteiger partial charge on any atom is -0.480 e. The van der Waals surface area contributed by atoms with E-state index in [0.717, 1.165) is 10.5 Å². The first kappa shape index (κ1) is 15.0. The summed E-state index contributed by atoms with van der Waals surface area (Å²) < 4.78 is 0. The number of hydrogen-bond acceptors (Lipinski definition) is 3. The second-order valence-electron chi connectivity index (χ2n) is 5.26. The predicted molar refractivity (Wildman–Crippen MR) is 75.3 cm³/mol. The number of carboxylic acid groups (broad SMARTS) is 1. The van der Waals surface area contributed by atoms with E-state index in [1.807, 2.05) is 30.3 Å². The lowest BCUT2D eigenvalue weighted by atomic mass is 9.92. The van der Waals surface area contributed by atoms with Crippen molar-refractivity contribution >= 4 is 17.8 Å². The molecule has 0 aliphatic carbocycles. The van der Waals surface area contributed by atoms with Gasteiger partial charge in [0, 0.05) is 20.5 Å². The molecule has 0 spiro atoms. The van der Waals surface area contributed by atoms with Crippen LogP contribution in [0.2, 0.25) is 0 Å². The van der Waals surface area contributed by atoms with Crippen LogP contribution in [-0.4, -0.2) is 53.3 Å². The van der Waals surface area contributed by atoms with Gasteiger partial charge in [-0.05, 0) is 5.56 Å². The Bertz CT molecular complexity index is 558. The Labute approximate surface area is 123 Å². The van der Waals surface area contributed by atoms with Crippen molar-refractivity contribution in [1.29, 1.82) is 0 Å². The van der Waals surface area contributed by atoms with E-state index in [-0.39, 0.29) is 30.8 Å². The lowest BCUT2D eigenvalue weighted by Gasteiger charge is -2.27. The molecule has 21 heavy (non-hydrogen) atoms. The summed E-state index contributed by atoms with van der Waals surface area (Å²) in [6.45, 7) is -0.366. The highest BCUT2D eigenvalue weighted by Crippen LogP contribution is 2.37. The summed E-state index contributed by atoms with van der Waals surface area (Å²) in [6, 6.07) is 8.98. The van der Waals surface area contributed by atoms with Crippen LogP contribution in [0.25, 0.3) is 0 Å². The number of nitrogens with zero attached hydrogens (tertiary/aromatic N) is 2. The van der Waals surface area contributed by atoms with Gasteiger partial charge in [-0.25, -0.2) is 0 Å². The Morgan fingerprint density at radius 1 is 1.33 bits per heavy atom. The molecule has 2 rings (SSSR count). The zero-order valence-corrected chi connectivity index (χ0v) is 12.0. The summed E-state index contributed by atoms with van der Waals surface area (Å²) in [5, 5.41) is 8.79. The van der Waals surface area contributed by atoms with Crippen LogP contribution in [0.15, 0.2) is 30.3 Å². The summed E-state index contributed by atoms with van der Waals surface area (Å²) in [7, 11) is 3.12. The van der Waals surface area contributed by atoms with Crippen molar-refractivity contribution < 1.29 is 19.5 Å². The lowest BCUT2D eigenvalue weighted by Crippen LogP contribution is -2.38. The Hall–Kier alpha value is -2.37. The maximum absolute atomic E-state index is 12.4. The molecule has 1 N–H and O–H groups in total. The Morgan fingerprint density at radius 2 is 1.95 bits per heavy atom. The quantitative estimate of drug-likeness (QED) is 0.887. The molecule has 1 aromatic rings. The SMILES string of the molecule is CN(CC(=O)O)C(=O)C1CC(=O)N(C)C1c1ccccc1. The first-order valence-electron chi connectivity index (χ1n) is 6.69. The van der Waals surface area contributed by atoms with Gasteiger partial charge in [0.2, 0.25) is 11.8 Å². The monoisotopic (exact) mass is 290 g/mol. The summed E-state index contributed by atoms with van der Waals surface area (Å²) in [5.41, 5.74) is 0.882. The van der Waals surface area contributed by atoms with Gasteiger partial charge in [-0.15, -0.1) is 0 Å². The molecule has 0 aromatic heterocycles. The van der Waals surface area contributed by atoms with Gasteiger partial charge in [-0.1, -0.05) is 30.3 Å². The highest BCUT2D eigenvalue weighted by molar-refractivity contribution is 5.91. The molecule has 1 saturated heterocycles. The molecule has 112 valence electrons. The molecule has 2 atom stereocenters. The van der Waals surface area contributed by atoms with Gasteiger partial charge in [0.1, 0.15) is 6.54 Å². The standard InChI is InChI=1S/C15H18N2O4/c1-16(9-13(19)20)15(21)11-8-12(18)17(2)14(11)10-6-4-3-5-7-10/h3-7,11,14H,8-9H2,1-2H3,(H,19,20). The van der Waals surface area contributed by atoms with E-state index in [4.69, 9.17) is 5.11 Å². The fraction of sp³-hybridized carbons (Fsp3) is 0.400. The van der Waals surface area contributed by atoms with Crippen molar-refractivity contribution in [1.82, 2.24) is 9.80 Å². The van der Waals surface area contributed by atoms with Crippen LogP contribution in [0.1, 0.15) is 18.0 Å². The molecular formula is C15H18N2O4. The molecule has 6 nitrogen and oxygen atoms in total. The van der Waals surface area contributed by atoms with Crippen LogP contribution < -0.4 is 0 Å². The van der Waals surface area contributed by atoms with Crippen molar-refractivity contribution in [3.05, 3.63) is 35.9 Å². The Kier molecular flexibility index (Phi) is 4.26. The third-order valence-electron chi connectivity index (χ3n) is 3.79. The molecule has 6 heteroatoms. The highest BCUT2D eigenvalue weighted by atomic mass is 16.4. The van der Waals surface area contributed by atoms with E-state index < -0.39 is 11.9 Å². The first-order chi connectivity index (χ1) is 9.91. The van der Waals surface area contributed by atoms with Crippen molar-refractivity contribution in [3.8, 4) is 0 Å². The summed E-state index contributed by atoms with van der Waals surface area (Å²) in [6.07, 6.45) is 0.110. The molecule has 1 aliphatic heterocycles. The molecule has 2 unspecified atom stereocenters. The van der Waals surface area contributed by atoms with E-state index in [1.54, 1.807) is 11.9 Å². The fourth-order valence-corrected chi connectivity index (χ4v) is 2.76. The second kappa shape index (κ2) is 5.95. The van der Waals surface area contributed by atoms with Crippen LogP contribution in [0.3, 0.4) is 0 Å². The number of amides is 2. The smallest absolute Gasteiger partial charge is 0.323 e. The topological polar surface area (TPSA) is 77.9 Å². The number of carboxylic acids is 1. The molecule has 1 heterocycles. The van der Waals surface area contributed by atoms with Gasteiger partial charge >= 0.3 is 5.97 Å². The van der Waals surface area contributed by atoms with Crippen LogP contribution >= 0.6 is 0 Å². The van der Waals surface area contributed by atoms with Crippen molar-refractivity contribution in [2.75, 3.05) is 20.6 Å². The van der Waals surface area contributed by atoms with E-state index in [2.05, 4.69) is 0 Å². The Morgan fingerprint density at radius 3 is 2.52 bits per heavy atom. The number of aliphatic carboxylic acids is 1. The molecule has 1 aromatic carbocycles. The van der Waals surface area contributed by atoms with Crippen molar-refractivity contribution in [2.45, 2.75) is 12.5 Å². The van der Waals surface area contributed by atoms with Crippen LogP contribution in [-0.2, 0) is 14.4 Å². The highest BCUT2D eigenvalue weighted by Gasteiger charge is 2.43. The van der Waals surface area contributed by atoms with E-state index in [0.29, 0.717) is 0 Å². The van der Waals surface area contributed by atoms with E-state index >= 15 is 0 Å². The molecule has 1 fully saturated rings. The maximum atomic E-state index is 12.4. The predicted octanol–water partition coefficient (Wildman–Crippen LogP) is 0.749. The largest absolute Gasteiger partial charge is 0.480 e. The van der Waals surface area contributed by atoms with Crippen molar-refractivity contribution in [2.24, 2.45) is 5.92 Å². The number of carbonyl (C=O) groups excluding carboxylic acids is 2. The van der Waals surface area contributed by atoms with Gasteiger partial charge in [-0.3, -0.25) is 14.4 Å². The average Bonchev–Trinajstić information content (AvgIpc) is 2.74. The summed E-state index contributed by atoms with van der Waals surface area (Å²) in [5.74, 6) is -2.04. The van der Waals surface area contributed by atoms with Gasteiger partial charge in [0.15, 0.2) is 0 Å². The van der Waals surface area contributed by atoms with Gasteiger partial charge in [0.05, 0.1) is 12.0 Å². The first-order valence-corrected chi connectivity index (χ1v) is 6.69. The van der Waals surface area contributed by atoms with Crippen LogP contribution in [0.5, 0.6) is 0 Å². The van der Waals surface area contributed by atoms with Gasteiger partial charge in [-0.2, -0.15) is 0 Å². The zero-order chi connectivity index (χ0) is 15.6. The number of hydrogen-bond donors (Lipinski definition) is 1. The number of likely N-dealkylation sites (tertiary alicyclic amines) is 1. The number of carbonyl (C=O) groups is 3. The Balaban J connectivity index is 2.26. The normalized spacial score (nSPS) is 21.4. The lowest BCUT2D eigenvalue weighted by molar-refractivity contribution is -0.145. The maximum Gasteiger partial charge on any atom is 0.323 e. The van der Waals surface area contributed by atoms with E-state index in [1.165, 1.54) is 7.05 Å². The molecule has 2 amide bonds. The van der Waals surface area contributed by atoms with E-state index in [9.17, 15) is 14.4 Å². The zero-order valence-electron chi connectivity index (χ0n) is 12.0. The van der Waals surface area contributed by atoms with Crippen LogP contribution in [0.4, 0.5) is 0 Å². The molecular weight excluding hydrogens is 272 g/mol. The number of rotatable bonds is 4. The minimum absolute atomic E-state index is 0.106. The third kappa shape index (κ3) is 3.04. The molecule has 1 aliphatic rings. The minimum atomic E-state index is -1.07. The van der Waals surface area contributed by atoms with Gasteiger partial charge in [0.25, 0.3) is 0 Å². The third-order valence-corrected chi connectivity index (χ3v) is 3.79. The van der Waals surface area contributed by atoms with Gasteiger partial charge < -0.3 is 14.9 Å². The van der Waals surface area contributed by atoms with Crippen LogP contribution in [0, 0.1) is 5.92 Å². The number of likely N-dealkylation sites (N-methyl/N-ethyl adjacent to an activating group) is 1. The number of benzene rings is 1. The average molecular weight is 290 g/mol. The molecule has 0 radical (unpaired) electrons. The summed E-state index contributed by atoms with van der Waals surface area (Å²) in [4.78, 5) is 37.9.